The minimum absolute atomic E-state index is 0.596. The van der Waals surface area contributed by atoms with Gasteiger partial charge in [-0.15, -0.1) is 0 Å². The monoisotopic (exact) mass is 371 g/mol. The number of ether oxygens (including phenoxy) is 1. The van der Waals surface area contributed by atoms with E-state index in [9.17, 15) is 0 Å². The summed E-state index contributed by atoms with van der Waals surface area (Å²) in [6.45, 7) is 5.18. The van der Waals surface area contributed by atoms with Crippen LogP contribution < -0.4 is 10.1 Å². The molecule has 0 saturated carbocycles. The number of hydrogen-bond acceptors (Lipinski definition) is 3. The molecule has 0 aliphatic heterocycles. The first-order valence-corrected chi connectivity index (χ1v) is 9.66. The van der Waals surface area contributed by atoms with E-state index in [0.29, 0.717) is 12.5 Å². The van der Waals surface area contributed by atoms with E-state index in [1.807, 2.05) is 18.2 Å². The summed E-state index contributed by atoms with van der Waals surface area (Å²) in [7, 11) is 0. The normalized spacial score (nSPS) is 11.0. The molecule has 0 aliphatic rings. The van der Waals surface area contributed by atoms with Gasteiger partial charge in [0.25, 0.3) is 0 Å². The van der Waals surface area contributed by atoms with Crippen LogP contribution in [0.2, 0.25) is 0 Å². The van der Waals surface area contributed by atoms with Crippen molar-refractivity contribution < 1.29 is 4.74 Å². The lowest BCUT2D eigenvalue weighted by Crippen LogP contribution is -2.20. The molecule has 142 valence electrons. The Labute approximate surface area is 165 Å². The highest BCUT2D eigenvalue weighted by Crippen LogP contribution is 2.22. The fourth-order valence-corrected chi connectivity index (χ4v) is 3.37. The highest BCUT2D eigenvalue weighted by molar-refractivity contribution is 5.84. The molecule has 2 aromatic carbocycles. The van der Waals surface area contributed by atoms with Crippen LogP contribution in [-0.4, -0.2) is 22.7 Å². The van der Waals surface area contributed by atoms with Gasteiger partial charge in [0.2, 0.25) is 5.88 Å². The van der Waals surface area contributed by atoms with Crippen molar-refractivity contribution in [3.05, 3.63) is 95.8 Å². The molecule has 4 aromatic rings. The van der Waals surface area contributed by atoms with Gasteiger partial charge in [-0.05, 0) is 30.2 Å². The lowest BCUT2D eigenvalue weighted by Gasteiger charge is -2.06. The zero-order valence-electron chi connectivity index (χ0n) is 16.1. The van der Waals surface area contributed by atoms with Gasteiger partial charge in [-0.2, -0.15) is 0 Å². The quantitative estimate of drug-likeness (QED) is 0.462. The third kappa shape index (κ3) is 4.41. The predicted molar refractivity (Wildman–Crippen MR) is 114 cm³/mol. The maximum Gasteiger partial charge on any atom is 0.213 e. The number of nitrogens with zero attached hydrogens (tertiary/aromatic N) is 2. The number of benzene rings is 2. The molecule has 0 spiro atoms. The number of aryl methyl sites for hydroxylation is 1. The van der Waals surface area contributed by atoms with Gasteiger partial charge in [0, 0.05) is 49.0 Å². The fourth-order valence-electron chi connectivity index (χ4n) is 3.37. The van der Waals surface area contributed by atoms with Crippen molar-refractivity contribution in [2.75, 3.05) is 13.2 Å². The van der Waals surface area contributed by atoms with Crippen LogP contribution in [0.3, 0.4) is 0 Å². The molecular weight excluding hydrogens is 346 g/mol. The van der Waals surface area contributed by atoms with Crippen molar-refractivity contribution in [2.24, 2.45) is 0 Å². The highest BCUT2D eigenvalue weighted by Gasteiger charge is 2.08. The largest absolute Gasteiger partial charge is 0.476 e. The molecule has 0 aliphatic carbocycles. The molecule has 0 amide bonds. The summed E-state index contributed by atoms with van der Waals surface area (Å²) >= 11 is 0. The third-order valence-electron chi connectivity index (χ3n) is 4.83. The molecule has 28 heavy (non-hydrogen) atoms. The molecular formula is C24H25N3O. The minimum Gasteiger partial charge on any atom is -0.476 e. The Balaban J connectivity index is 1.40. The van der Waals surface area contributed by atoms with Crippen LogP contribution in [0.4, 0.5) is 0 Å². The smallest absolute Gasteiger partial charge is 0.213 e. The number of pyridine rings is 1. The number of para-hydroxylation sites is 1. The van der Waals surface area contributed by atoms with Gasteiger partial charge in [-0.1, -0.05) is 54.1 Å². The standard InChI is InChI=1S/C24H25N3O/c1-19-9-11-20(12-10-19)17-27-18-21(22-6-2-3-7-23(22)27)16-25-14-15-28-24-8-4-5-13-26-24/h2-13,18,25H,14-17H2,1H3. The van der Waals surface area contributed by atoms with Crippen molar-refractivity contribution in [1.82, 2.24) is 14.9 Å². The van der Waals surface area contributed by atoms with E-state index < -0.39 is 0 Å². The second-order valence-electron chi connectivity index (χ2n) is 6.98. The first-order chi connectivity index (χ1) is 13.8. The van der Waals surface area contributed by atoms with E-state index in [-0.39, 0.29) is 0 Å². The Bertz CT molecular complexity index is 1020. The van der Waals surface area contributed by atoms with Gasteiger partial charge in [-0.3, -0.25) is 0 Å². The van der Waals surface area contributed by atoms with Gasteiger partial charge >= 0.3 is 0 Å². The SMILES string of the molecule is Cc1ccc(Cn2cc(CNCCOc3ccccn3)c3ccccc32)cc1. The van der Waals surface area contributed by atoms with E-state index in [1.54, 1.807) is 6.20 Å². The molecule has 2 heterocycles. The van der Waals surface area contributed by atoms with Gasteiger partial charge in [-0.25, -0.2) is 4.98 Å². The van der Waals surface area contributed by atoms with Crippen LogP contribution in [-0.2, 0) is 13.1 Å². The maximum absolute atomic E-state index is 5.65. The summed E-state index contributed by atoms with van der Waals surface area (Å²) in [5.41, 5.74) is 5.18. The lowest BCUT2D eigenvalue weighted by molar-refractivity contribution is 0.302. The van der Waals surface area contributed by atoms with E-state index in [4.69, 9.17) is 4.74 Å². The molecule has 0 radical (unpaired) electrons. The third-order valence-corrected chi connectivity index (χ3v) is 4.83. The topological polar surface area (TPSA) is 39.1 Å². The van der Waals surface area contributed by atoms with Crippen molar-refractivity contribution in [1.29, 1.82) is 0 Å². The number of nitrogens with one attached hydrogen (secondary N) is 1. The van der Waals surface area contributed by atoms with Crippen LogP contribution in [0.5, 0.6) is 5.88 Å². The summed E-state index contributed by atoms with van der Waals surface area (Å²) in [5.74, 6) is 0.666. The van der Waals surface area contributed by atoms with E-state index in [0.717, 1.165) is 19.6 Å². The van der Waals surface area contributed by atoms with E-state index >= 15 is 0 Å². The molecule has 2 aromatic heterocycles. The molecule has 1 N–H and O–H groups in total. The Kier molecular flexibility index (Phi) is 5.69. The molecule has 0 unspecified atom stereocenters. The second kappa shape index (κ2) is 8.72. The minimum atomic E-state index is 0.596. The van der Waals surface area contributed by atoms with E-state index in [2.05, 4.69) is 76.5 Å². The molecule has 0 saturated heterocycles. The summed E-state index contributed by atoms with van der Waals surface area (Å²) < 4.78 is 7.98. The van der Waals surface area contributed by atoms with Crippen LogP contribution in [0, 0.1) is 6.92 Å². The van der Waals surface area contributed by atoms with Crippen molar-refractivity contribution in [3.8, 4) is 5.88 Å². The molecule has 0 bridgehead atoms. The van der Waals surface area contributed by atoms with Crippen LogP contribution in [0.25, 0.3) is 10.9 Å². The number of hydrogen-bond donors (Lipinski definition) is 1. The predicted octanol–water partition coefficient (Wildman–Crippen LogP) is 4.56. The van der Waals surface area contributed by atoms with Crippen molar-refractivity contribution in [3.63, 3.8) is 0 Å². The van der Waals surface area contributed by atoms with Crippen LogP contribution in [0.15, 0.2) is 79.1 Å². The molecule has 4 nitrogen and oxygen atoms in total. The number of aromatic nitrogens is 2. The van der Waals surface area contributed by atoms with Crippen LogP contribution >= 0.6 is 0 Å². The van der Waals surface area contributed by atoms with Crippen LogP contribution in [0.1, 0.15) is 16.7 Å². The van der Waals surface area contributed by atoms with Gasteiger partial charge in [0.15, 0.2) is 0 Å². The van der Waals surface area contributed by atoms with Gasteiger partial charge < -0.3 is 14.6 Å². The first-order valence-electron chi connectivity index (χ1n) is 9.66. The molecule has 0 fully saturated rings. The average molecular weight is 371 g/mol. The number of rotatable bonds is 8. The summed E-state index contributed by atoms with van der Waals surface area (Å²) in [6, 6.07) is 23.0. The Morgan fingerprint density at radius 2 is 1.79 bits per heavy atom. The van der Waals surface area contributed by atoms with Gasteiger partial charge in [0.05, 0.1) is 0 Å². The first kappa shape index (κ1) is 18.3. The van der Waals surface area contributed by atoms with Gasteiger partial charge in [0.1, 0.15) is 6.61 Å². The Morgan fingerprint density at radius 1 is 0.964 bits per heavy atom. The fraction of sp³-hybridized carbons (Fsp3) is 0.208. The second-order valence-corrected chi connectivity index (χ2v) is 6.98. The Morgan fingerprint density at radius 3 is 2.61 bits per heavy atom. The van der Waals surface area contributed by atoms with E-state index in [1.165, 1.54) is 27.6 Å². The molecule has 4 rings (SSSR count). The maximum atomic E-state index is 5.65. The summed E-state index contributed by atoms with van der Waals surface area (Å²) in [4.78, 5) is 4.17. The summed E-state index contributed by atoms with van der Waals surface area (Å²) in [5, 5.41) is 4.78. The highest BCUT2D eigenvalue weighted by atomic mass is 16.5. The summed E-state index contributed by atoms with van der Waals surface area (Å²) in [6.07, 6.45) is 4.00. The Hall–Kier alpha value is -3.11. The average Bonchev–Trinajstić information content (AvgIpc) is 3.08. The number of fused-ring (bicyclic) bond motifs is 1. The molecule has 4 heteroatoms. The zero-order valence-corrected chi connectivity index (χ0v) is 16.1. The van der Waals surface area contributed by atoms with Crippen molar-refractivity contribution >= 4 is 10.9 Å². The zero-order chi connectivity index (χ0) is 19.2. The molecule has 0 atom stereocenters. The van der Waals surface area contributed by atoms with Crippen molar-refractivity contribution in [2.45, 2.75) is 20.0 Å². The lowest BCUT2D eigenvalue weighted by atomic mass is 10.1.